The van der Waals surface area contributed by atoms with Crippen LogP contribution in [0.4, 0.5) is 5.69 Å². The van der Waals surface area contributed by atoms with Gasteiger partial charge in [-0.1, -0.05) is 13.0 Å². The molecule has 1 N–H and O–H groups in total. The van der Waals surface area contributed by atoms with Gasteiger partial charge in [0.2, 0.25) is 12.7 Å². The van der Waals surface area contributed by atoms with Crippen LogP contribution in [0.3, 0.4) is 0 Å². The maximum absolute atomic E-state index is 12.7. The van der Waals surface area contributed by atoms with Crippen molar-refractivity contribution in [3.05, 3.63) is 48.0 Å². The molecule has 2 aliphatic rings. The molecule has 0 spiro atoms. The van der Waals surface area contributed by atoms with Crippen molar-refractivity contribution < 1.29 is 23.8 Å². The number of carbonyl (C=O) groups is 2. The Balaban J connectivity index is 1.39. The molecule has 146 valence electrons. The molecule has 0 aromatic heterocycles. The Morgan fingerprint density at radius 1 is 1.11 bits per heavy atom. The van der Waals surface area contributed by atoms with Gasteiger partial charge in [-0.15, -0.1) is 0 Å². The molecule has 2 amide bonds. The fourth-order valence-corrected chi connectivity index (χ4v) is 3.27. The molecule has 2 aromatic carbocycles. The van der Waals surface area contributed by atoms with Gasteiger partial charge in [-0.2, -0.15) is 0 Å². The summed E-state index contributed by atoms with van der Waals surface area (Å²) in [6, 6.07) is 12.1. The smallest absolute Gasteiger partial charge is 0.251 e. The third kappa shape index (κ3) is 3.66. The SMILES string of the molecule is CCCOc1ccc(N2C(=O)CC(NCc3ccc4c(c3)OCO4)C2=O)cc1. The second-order valence-corrected chi connectivity index (χ2v) is 6.73. The molecule has 0 aliphatic carbocycles. The lowest BCUT2D eigenvalue weighted by molar-refractivity contribution is -0.121. The molecule has 0 radical (unpaired) electrons. The van der Waals surface area contributed by atoms with E-state index in [1.165, 1.54) is 4.90 Å². The Morgan fingerprint density at radius 2 is 1.89 bits per heavy atom. The quantitative estimate of drug-likeness (QED) is 0.742. The summed E-state index contributed by atoms with van der Waals surface area (Å²) in [5, 5.41) is 3.18. The van der Waals surface area contributed by atoms with Gasteiger partial charge in [-0.3, -0.25) is 9.59 Å². The number of carbonyl (C=O) groups excluding carboxylic acids is 2. The highest BCUT2D eigenvalue weighted by molar-refractivity contribution is 6.22. The van der Waals surface area contributed by atoms with Gasteiger partial charge in [0.15, 0.2) is 11.5 Å². The molecule has 1 unspecified atom stereocenters. The lowest BCUT2D eigenvalue weighted by atomic mass is 10.1. The molecule has 28 heavy (non-hydrogen) atoms. The van der Waals surface area contributed by atoms with Crippen LogP contribution in [0.5, 0.6) is 17.2 Å². The number of rotatable bonds is 7. The van der Waals surface area contributed by atoms with E-state index in [-0.39, 0.29) is 25.0 Å². The second kappa shape index (κ2) is 7.90. The third-order valence-corrected chi connectivity index (χ3v) is 4.70. The summed E-state index contributed by atoms with van der Waals surface area (Å²) in [7, 11) is 0. The Labute approximate surface area is 163 Å². The minimum atomic E-state index is -0.547. The summed E-state index contributed by atoms with van der Waals surface area (Å²) in [5.74, 6) is 1.68. The van der Waals surface area contributed by atoms with E-state index in [9.17, 15) is 9.59 Å². The van der Waals surface area contributed by atoms with Gasteiger partial charge in [0.1, 0.15) is 5.75 Å². The minimum absolute atomic E-state index is 0.136. The van der Waals surface area contributed by atoms with Crippen molar-refractivity contribution in [3.8, 4) is 17.2 Å². The van der Waals surface area contributed by atoms with Gasteiger partial charge in [-0.05, 0) is 48.4 Å². The van der Waals surface area contributed by atoms with E-state index in [0.29, 0.717) is 30.3 Å². The van der Waals surface area contributed by atoms with Crippen molar-refractivity contribution in [2.75, 3.05) is 18.3 Å². The van der Waals surface area contributed by atoms with E-state index >= 15 is 0 Å². The normalized spacial score (nSPS) is 18.0. The summed E-state index contributed by atoms with van der Waals surface area (Å²) in [6.45, 7) is 3.34. The molecular weight excluding hydrogens is 360 g/mol. The van der Waals surface area contributed by atoms with Crippen molar-refractivity contribution in [1.29, 1.82) is 0 Å². The zero-order chi connectivity index (χ0) is 19.5. The average molecular weight is 382 g/mol. The first-order valence-electron chi connectivity index (χ1n) is 9.37. The highest BCUT2D eigenvalue weighted by Gasteiger charge is 2.39. The van der Waals surface area contributed by atoms with Crippen LogP contribution in [0.25, 0.3) is 0 Å². The largest absolute Gasteiger partial charge is 0.494 e. The van der Waals surface area contributed by atoms with Crippen LogP contribution in [-0.4, -0.2) is 31.3 Å². The lowest BCUT2D eigenvalue weighted by Crippen LogP contribution is -2.38. The lowest BCUT2D eigenvalue weighted by Gasteiger charge is -2.16. The Hall–Kier alpha value is -3.06. The van der Waals surface area contributed by atoms with E-state index in [1.54, 1.807) is 24.3 Å². The molecule has 0 bridgehead atoms. The zero-order valence-electron chi connectivity index (χ0n) is 15.6. The van der Waals surface area contributed by atoms with E-state index in [4.69, 9.17) is 14.2 Å². The van der Waals surface area contributed by atoms with E-state index in [2.05, 4.69) is 5.32 Å². The van der Waals surface area contributed by atoms with Gasteiger partial charge in [0, 0.05) is 6.54 Å². The number of hydrogen-bond donors (Lipinski definition) is 1. The number of ether oxygens (including phenoxy) is 3. The predicted octanol–water partition coefficient (Wildman–Crippen LogP) is 2.63. The second-order valence-electron chi connectivity index (χ2n) is 6.73. The number of amides is 2. The molecule has 0 saturated carbocycles. The van der Waals surface area contributed by atoms with Gasteiger partial charge in [0.05, 0.1) is 24.8 Å². The molecule has 7 heteroatoms. The molecule has 2 aliphatic heterocycles. The molecule has 1 atom stereocenters. The predicted molar refractivity (Wildman–Crippen MR) is 103 cm³/mol. The number of anilines is 1. The minimum Gasteiger partial charge on any atom is -0.494 e. The number of fused-ring (bicyclic) bond motifs is 1. The van der Waals surface area contributed by atoms with Gasteiger partial charge < -0.3 is 19.5 Å². The first kappa shape index (κ1) is 18.3. The fraction of sp³-hybridized carbons (Fsp3) is 0.333. The van der Waals surface area contributed by atoms with Crippen LogP contribution in [0.1, 0.15) is 25.3 Å². The van der Waals surface area contributed by atoms with Crippen LogP contribution in [0.15, 0.2) is 42.5 Å². The van der Waals surface area contributed by atoms with Crippen molar-refractivity contribution in [3.63, 3.8) is 0 Å². The van der Waals surface area contributed by atoms with Crippen LogP contribution in [-0.2, 0) is 16.1 Å². The van der Waals surface area contributed by atoms with Crippen LogP contribution in [0.2, 0.25) is 0 Å². The Kier molecular flexibility index (Phi) is 5.16. The number of imide groups is 1. The van der Waals surface area contributed by atoms with Crippen molar-refractivity contribution >= 4 is 17.5 Å². The third-order valence-electron chi connectivity index (χ3n) is 4.70. The van der Waals surface area contributed by atoms with Gasteiger partial charge in [-0.25, -0.2) is 4.90 Å². The molecule has 2 heterocycles. The standard InChI is InChI=1S/C21H22N2O5/c1-2-9-26-16-6-4-15(5-7-16)23-20(24)11-17(21(23)25)22-12-14-3-8-18-19(10-14)28-13-27-18/h3-8,10,17,22H,2,9,11-13H2,1H3. The molecule has 7 nitrogen and oxygen atoms in total. The molecule has 1 saturated heterocycles. The number of nitrogens with one attached hydrogen (secondary N) is 1. The number of hydrogen-bond acceptors (Lipinski definition) is 6. The Morgan fingerprint density at radius 3 is 2.68 bits per heavy atom. The summed E-state index contributed by atoms with van der Waals surface area (Å²) in [4.78, 5) is 26.4. The van der Waals surface area contributed by atoms with Crippen LogP contribution in [0, 0.1) is 0 Å². The molecule has 2 aromatic rings. The van der Waals surface area contributed by atoms with Crippen LogP contribution >= 0.6 is 0 Å². The van der Waals surface area contributed by atoms with E-state index in [1.807, 2.05) is 25.1 Å². The first-order valence-corrected chi connectivity index (χ1v) is 9.37. The van der Waals surface area contributed by atoms with Gasteiger partial charge >= 0.3 is 0 Å². The monoisotopic (exact) mass is 382 g/mol. The zero-order valence-corrected chi connectivity index (χ0v) is 15.6. The van der Waals surface area contributed by atoms with Crippen molar-refractivity contribution in [1.82, 2.24) is 5.32 Å². The summed E-state index contributed by atoms with van der Waals surface area (Å²) in [5.41, 5.74) is 1.52. The van der Waals surface area contributed by atoms with E-state index < -0.39 is 6.04 Å². The molecular formula is C21H22N2O5. The average Bonchev–Trinajstić information content (AvgIpc) is 3.28. The topological polar surface area (TPSA) is 77.1 Å². The maximum Gasteiger partial charge on any atom is 0.251 e. The van der Waals surface area contributed by atoms with Crippen LogP contribution < -0.4 is 24.4 Å². The fourth-order valence-electron chi connectivity index (χ4n) is 3.27. The highest BCUT2D eigenvalue weighted by Crippen LogP contribution is 2.32. The van der Waals surface area contributed by atoms with Crippen molar-refractivity contribution in [2.24, 2.45) is 0 Å². The maximum atomic E-state index is 12.7. The first-order chi connectivity index (χ1) is 13.7. The van der Waals surface area contributed by atoms with E-state index in [0.717, 1.165) is 17.7 Å². The van der Waals surface area contributed by atoms with Crippen molar-refractivity contribution in [2.45, 2.75) is 32.4 Å². The highest BCUT2D eigenvalue weighted by atomic mass is 16.7. The summed E-state index contributed by atoms with van der Waals surface area (Å²) >= 11 is 0. The number of benzene rings is 2. The Bertz CT molecular complexity index is 881. The molecule has 1 fully saturated rings. The summed E-state index contributed by atoms with van der Waals surface area (Å²) in [6.07, 6.45) is 1.05. The number of nitrogens with zero attached hydrogens (tertiary/aromatic N) is 1. The molecule has 4 rings (SSSR count). The van der Waals surface area contributed by atoms with Gasteiger partial charge in [0.25, 0.3) is 5.91 Å². The summed E-state index contributed by atoms with van der Waals surface area (Å²) < 4.78 is 16.2.